The van der Waals surface area contributed by atoms with Crippen LogP contribution in [0.15, 0.2) is 24.3 Å². The Hall–Kier alpha value is -1.30. The molecule has 3 N–H and O–H groups in total. The highest BCUT2D eigenvalue weighted by Gasteiger charge is 2.32. The molecule has 1 fully saturated rings. The number of carbonyl (C=O) groups excluding carboxylic acids is 2. The summed E-state index contributed by atoms with van der Waals surface area (Å²) in [5, 5.41) is 28.5. The third kappa shape index (κ3) is 7.94. The minimum atomic E-state index is -1.07. The van der Waals surface area contributed by atoms with E-state index in [0.29, 0.717) is 38.5 Å². The van der Waals surface area contributed by atoms with Crippen LogP contribution in [0.2, 0.25) is 0 Å². The molecule has 0 aromatic rings. The lowest BCUT2D eigenvalue weighted by molar-refractivity contribution is -0.122. The highest BCUT2D eigenvalue weighted by molar-refractivity contribution is 5.84. The monoisotopic (exact) mass is 366 g/mol. The summed E-state index contributed by atoms with van der Waals surface area (Å²) in [6, 6.07) is 0. The Bertz CT molecular complexity index is 497. The largest absolute Gasteiger partial charge is 0.393 e. The topological polar surface area (TPSA) is 94.8 Å². The van der Waals surface area contributed by atoms with Crippen LogP contribution in [-0.4, -0.2) is 45.7 Å². The van der Waals surface area contributed by atoms with Crippen molar-refractivity contribution in [2.45, 2.75) is 70.3 Å². The lowest BCUT2D eigenvalue weighted by Crippen LogP contribution is -2.32. The van der Waals surface area contributed by atoms with Gasteiger partial charge in [-0.3, -0.25) is 9.59 Å². The van der Waals surface area contributed by atoms with Crippen LogP contribution >= 0.6 is 0 Å². The van der Waals surface area contributed by atoms with E-state index in [1.165, 1.54) is 0 Å². The van der Waals surface area contributed by atoms with Crippen LogP contribution in [0.5, 0.6) is 0 Å². The van der Waals surface area contributed by atoms with E-state index in [1.54, 1.807) is 0 Å². The summed E-state index contributed by atoms with van der Waals surface area (Å²) in [7, 11) is 0. The van der Waals surface area contributed by atoms with Gasteiger partial charge in [-0.2, -0.15) is 0 Å². The fourth-order valence-corrected chi connectivity index (χ4v) is 3.37. The molecule has 5 nitrogen and oxygen atoms in total. The standard InChI is InChI=1S/C21H34O5/c1-2-3-13-21(26,16-23)14-7-8-17-11-12-20(25)19(17)10-6-4-5-9-18(24)15-22/h4,6-8,17,19,22-23,26H,2-3,5,9-16H2,1H3/t17-,19+,21?/m0/s1. The SMILES string of the molecule is CCCCC(O)(CO)CC=C[C@H]1CCC(=O)[C@@H]1CC=CCCC(=O)CO. The maximum absolute atomic E-state index is 12.1. The van der Waals surface area contributed by atoms with Crippen molar-refractivity contribution in [1.29, 1.82) is 0 Å². The Morgan fingerprint density at radius 1 is 1.27 bits per heavy atom. The first-order valence-corrected chi connectivity index (χ1v) is 9.76. The van der Waals surface area contributed by atoms with Gasteiger partial charge >= 0.3 is 0 Å². The van der Waals surface area contributed by atoms with Gasteiger partial charge in [0, 0.05) is 18.8 Å². The summed E-state index contributed by atoms with van der Waals surface area (Å²) < 4.78 is 0. The molecule has 0 aromatic heterocycles. The molecule has 0 amide bonds. The van der Waals surface area contributed by atoms with Gasteiger partial charge < -0.3 is 15.3 Å². The molecule has 26 heavy (non-hydrogen) atoms. The molecule has 1 aliphatic rings. The lowest BCUT2D eigenvalue weighted by Gasteiger charge is -2.24. The number of rotatable bonds is 13. The molecule has 0 bridgehead atoms. The van der Waals surface area contributed by atoms with E-state index in [0.717, 1.165) is 19.3 Å². The van der Waals surface area contributed by atoms with Gasteiger partial charge in [-0.25, -0.2) is 0 Å². The molecule has 1 rings (SSSR count). The number of hydrogen-bond acceptors (Lipinski definition) is 5. The van der Waals surface area contributed by atoms with Crippen LogP contribution in [0.1, 0.15) is 64.7 Å². The van der Waals surface area contributed by atoms with Crippen LogP contribution in [0.25, 0.3) is 0 Å². The molecule has 0 radical (unpaired) electrons. The normalized spacial score (nSPS) is 23.2. The quantitative estimate of drug-likeness (QED) is 0.436. The van der Waals surface area contributed by atoms with Crippen LogP contribution in [0.3, 0.4) is 0 Å². The Morgan fingerprint density at radius 3 is 2.69 bits per heavy atom. The van der Waals surface area contributed by atoms with Crippen LogP contribution in [0.4, 0.5) is 0 Å². The molecule has 1 saturated carbocycles. The molecule has 1 unspecified atom stereocenters. The van der Waals surface area contributed by atoms with Gasteiger partial charge in [0.1, 0.15) is 12.4 Å². The summed E-state index contributed by atoms with van der Waals surface area (Å²) in [6.45, 7) is 1.38. The Balaban J connectivity index is 2.50. The van der Waals surface area contributed by atoms with Crippen molar-refractivity contribution in [3.8, 4) is 0 Å². The first-order chi connectivity index (χ1) is 12.5. The van der Waals surface area contributed by atoms with Crippen molar-refractivity contribution >= 4 is 11.6 Å². The van der Waals surface area contributed by atoms with Gasteiger partial charge in [0.15, 0.2) is 5.78 Å². The molecular formula is C21H34O5. The number of unbranched alkanes of at least 4 members (excludes halogenated alkanes) is 1. The van der Waals surface area contributed by atoms with Crippen LogP contribution in [0, 0.1) is 11.8 Å². The number of allylic oxidation sites excluding steroid dienone is 3. The zero-order chi connectivity index (χ0) is 19.4. The van der Waals surface area contributed by atoms with Gasteiger partial charge in [0.25, 0.3) is 0 Å². The Morgan fingerprint density at radius 2 is 2.04 bits per heavy atom. The molecule has 0 aliphatic heterocycles. The van der Waals surface area contributed by atoms with Gasteiger partial charge in [-0.15, -0.1) is 0 Å². The van der Waals surface area contributed by atoms with Crippen molar-refractivity contribution in [3.63, 3.8) is 0 Å². The molecule has 148 valence electrons. The van der Waals surface area contributed by atoms with Crippen molar-refractivity contribution in [1.82, 2.24) is 0 Å². The average Bonchev–Trinajstić information content (AvgIpc) is 2.99. The van der Waals surface area contributed by atoms with E-state index in [2.05, 4.69) is 6.92 Å². The van der Waals surface area contributed by atoms with Crippen LogP contribution < -0.4 is 0 Å². The van der Waals surface area contributed by atoms with Gasteiger partial charge in [-0.1, -0.05) is 44.1 Å². The maximum Gasteiger partial charge on any atom is 0.158 e. The molecule has 5 heteroatoms. The molecule has 0 saturated heterocycles. The third-order valence-electron chi connectivity index (χ3n) is 5.15. The smallest absolute Gasteiger partial charge is 0.158 e. The number of carbonyl (C=O) groups is 2. The highest BCUT2D eigenvalue weighted by atomic mass is 16.3. The summed E-state index contributed by atoms with van der Waals surface area (Å²) in [4.78, 5) is 23.2. The van der Waals surface area contributed by atoms with Crippen molar-refractivity contribution in [3.05, 3.63) is 24.3 Å². The van der Waals surface area contributed by atoms with Crippen molar-refractivity contribution < 1.29 is 24.9 Å². The summed E-state index contributed by atoms with van der Waals surface area (Å²) in [5.74, 6) is 0.209. The minimum absolute atomic E-state index is 0.0473. The first kappa shape index (κ1) is 22.7. The zero-order valence-electron chi connectivity index (χ0n) is 15.9. The predicted molar refractivity (Wildman–Crippen MR) is 102 cm³/mol. The van der Waals surface area contributed by atoms with Crippen LogP contribution in [-0.2, 0) is 9.59 Å². The summed E-state index contributed by atoms with van der Waals surface area (Å²) in [5.41, 5.74) is -1.07. The first-order valence-electron chi connectivity index (χ1n) is 9.76. The maximum atomic E-state index is 12.1. The van der Waals surface area contributed by atoms with E-state index in [9.17, 15) is 19.8 Å². The third-order valence-corrected chi connectivity index (χ3v) is 5.15. The predicted octanol–water partition coefficient (Wildman–Crippen LogP) is 2.73. The van der Waals surface area contributed by atoms with E-state index in [1.807, 2.05) is 24.3 Å². The molecular weight excluding hydrogens is 332 g/mol. The molecule has 0 spiro atoms. The van der Waals surface area contributed by atoms with Gasteiger partial charge in [0.2, 0.25) is 0 Å². The zero-order valence-corrected chi connectivity index (χ0v) is 15.9. The minimum Gasteiger partial charge on any atom is -0.393 e. The fraction of sp³-hybridized carbons (Fsp3) is 0.714. The second-order valence-corrected chi connectivity index (χ2v) is 7.34. The highest BCUT2D eigenvalue weighted by Crippen LogP contribution is 2.33. The molecule has 1 aliphatic carbocycles. The Kier molecular flexibility index (Phi) is 10.6. The molecule has 3 atom stereocenters. The molecule has 0 aromatic carbocycles. The number of aliphatic hydroxyl groups excluding tert-OH is 2. The van der Waals surface area contributed by atoms with E-state index in [4.69, 9.17) is 5.11 Å². The van der Waals surface area contributed by atoms with Gasteiger partial charge in [-0.05, 0) is 38.0 Å². The summed E-state index contributed by atoms with van der Waals surface area (Å²) >= 11 is 0. The fourth-order valence-electron chi connectivity index (χ4n) is 3.37. The number of Topliss-reactive ketones (excluding diaryl/α,β-unsaturated/α-hetero) is 2. The lowest BCUT2D eigenvalue weighted by atomic mass is 9.89. The van der Waals surface area contributed by atoms with Crippen molar-refractivity contribution in [2.75, 3.05) is 13.2 Å². The second kappa shape index (κ2) is 12.2. The molecule has 0 heterocycles. The number of aliphatic hydroxyl groups is 3. The number of ketones is 2. The summed E-state index contributed by atoms with van der Waals surface area (Å²) in [6.07, 6.45) is 13.6. The van der Waals surface area contributed by atoms with Crippen molar-refractivity contribution in [2.24, 2.45) is 11.8 Å². The van der Waals surface area contributed by atoms with E-state index < -0.39 is 12.2 Å². The second-order valence-electron chi connectivity index (χ2n) is 7.34. The van der Waals surface area contributed by atoms with E-state index in [-0.39, 0.29) is 30.0 Å². The van der Waals surface area contributed by atoms with Gasteiger partial charge in [0.05, 0.1) is 12.2 Å². The van der Waals surface area contributed by atoms with E-state index >= 15 is 0 Å². The number of hydrogen-bond donors (Lipinski definition) is 3. The average molecular weight is 366 g/mol. The Labute approximate surface area is 156 Å².